The van der Waals surface area contributed by atoms with Gasteiger partial charge in [-0.1, -0.05) is 0 Å². The topological polar surface area (TPSA) is 81.7 Å². The fourth-order valence-electron chi connectivity index (χ4n) is 1.61. The van der Waals surface area contributed by atoms with Gasteiger partial charge in [0.25, 0.3) is 0 Å². The minimum absolute atomic E-state index is 0.0451. The Bertz CT molecular complexity index is 344. The van der Waals surface area contributed by atoms with Crippen molar-refractivity contribution in [3.05, 3.63) is 0 Å². The molecule has 0 unspecified atom stereocenters. The van der Waals surface area contributed by atoms with Crippen molar-refractivity contribution in [2.24, 2.45) is 5.92 Å². The molecule has 17 heavy (non-hydrogen) atoms. The first-order chi connectivity index (χ1) is 7.74. The Hall–Kier alpha value is -1.59. The SMILES string of the molecule is COC(=O)[C@H]1CC(=O)N[C@@H]1C(=O)OC(C)(C)C. The summed E-state index contributed by atoms with van der Waals surface area (Å²) in [6.07, 6.45) is -0.0451. The molecule has 1 aliphatic heterocycles. The maximum absolute atomic E-state index is 11.8. The van der Waals surface area contributed by atoms with Gasteiger partial charge in [0.05, 0.1) is 13.0 Å². The molecule has 6 heteroatoms. The highest BCUT2D eigenvalue weighted by Crippen LogP contribution is 2.21. The molecule has 6 nitrogen and oxygen atoms in total. The molecule has 96 valence electrons. The molecule has 0 aliphatic carbocycles. The van der Waals surface area contributed by atoms with E-state index < -0.39 is 29.5 Å². The van der Waals surface area contributed by atoms with Crippen LogP contribution in [0.5, 0.6) is 0 Å². The molecule has 1 N–H and O–H groups in total. The van der Waals surface area contributed by atoms with Gasteiger partial charge in [0.1, 0.15) is 11.6 Å². The molecule has 0 bridgehead atoms. The molecule has 1 fully saturated rings. The molecular weight excluding hydrogens is 226 g/mol. The van der Waals surface area contributed by atoms with Gasteiger partial charge >= 0.3 is 11.9 Å². The number of ether oxygens (including phenoxy) is 2. The lowest BCUT2D eigenvalue weighted by Crippen LogP contribution is -2.43. The summed E-state index contributed by atoms with van der Waals surface area (Å²) >= 11 is 0. The van der Waals surface area contributed by atoms with Gasteiger partial charge in [0.2, 0.25) is 5.91 Å². The summed E-state index contributed by atoms with van der Waals surface area (Å²) in [4.78, 5) is 34.4. The largest absolute Gasteiger partial charge is 0.469 e. The van der Waals surface area contributed by atoms with Crippen LogP contribution in [0, 0.1) is 5.92 Å². The van der Waals surface area contributed by atoms with Crippen LogP contribution in [0.1, 0.15) is 27.2 Å². The van der Waals surface area contributed by atoms with Crippen LogP contribution in [0.15, 0.2) is 0 Å². The highest BCUT2D eigenvalue weighted by atomic mass is 16.6. The van der Waals surface area contributed by atoms with Crippen molar-refractivity contribution in [1.29, 1.82) is 0 Å². The van der Waals surface area contributed by atoms with Gasteiger partial charge in [-0.2, -0.15) is 0 Å². The lowest BCUT2D eigenvalue weighted by atomic mass is 10.0. The molecule has 1 rings (SSSR count). The zero-order valence-corrected chi connectivity index (χ0v) is 10.4. The molecule has 0 spiro atoms. The summed E-state index contributed by atoms with van der Waals surface area (Å²) in [5.41, 5.74) is -0.662. The van der Waals surface area contributed by atoms with Crippen molar-refractivity contribution in [2.45, 2.75) is 38.8 Å². The van der Waals surface area contributed by atoms with E-state index in [-0.39, 0.29) is 12.3 Å². The third kappa shape index (κ3) is 3.44. The Kier molecular flexibility index (Phi) is 3.75. The summed E-state index contributed by atoms with van der Waals surface area (Å²) in [7, 11) is 1.22. The van der Waals surface area contributed by atoms with Gasteiger partial charge in [-0.3, -0.25) is 9.59 Å². The van der Waals surface area contributed by atoms with Crippen LogP contribution in [0.4, 0.5) is 0 Å². The Balaban J connectivity index is 2.77. The van der Waals surface area contributed by atoms with E-state index in [1.807, 2.05) is 0 Å². The lowest BCUT2D eigenvalue weighted by molar-refractivity contribution is -0.162. The average molecular weight is 243 g/mol. The molecule has 1 saturated heterocycles. The minimum atomic E-state index is -0.950. The second-order valence-electron chi connectivity index (χ2n) is 4.91. The van der Waals surface area contributed by atoms with Crippen LogP contribution in [0.25, 0.3) is 0 Å². The average Bonchev–Trinajstić information content (AvgIpc) is 2.56. The summed E-state index contributed by atoms with van der Waals surface area (Å²) in [5, 5.41) is 2.43. The smallest absolute Gasteiger partial charge is 0.330 e. The normalized spacial score (nSPS) is 24.1. The molecule has 0 saturated carbocycles. The molecular formula is C11H17NO5. The predicted molar refractivity (Wildman–Crippen MR) is 57.9 cm³/mol. The molecule has 1 amide bonds. The van der Waals surface area contributed by atoms with Crippen molar-refractivity contribution in [2.75, 3.05) is 7.11 Å². The maximum atomic E-state index is 11.8. The molecule has 0 aromatic carbocycles. The van der Waals surface area contributed by atoms with E-state index in [2.05, 4.69) is 10.1 Å². The van der Waals surface area contributed by atoms with E-state index in [0.717, 1.165) is 0 Å². The van der Waals surface area contributed by atoms with Crippen molar-refractivity contribution in [3.63, 3.8) is 0 Å². The quantitative estimate of drug-likeness (QED) is 0.691. The standard InChI is InChI=1S/C11H17NO5/c1-11(2,3)17-10(15)8-6(9(14)16-4)5-7(13)12-8/h6,8H,5H2,1-4H3,(H,12,13)/t6-,8-/m0/s1. The van der Waals surface area contributed by atoms with Crippen LogP contribution in [-0.2, 0) is 23.9 Å². The Morgan fingerprint density at radius 2 is 1.88 bits per heavy atom. The highest BCUT2D eigenvalue weighted by molar-refractivity contribution is 5.95. The number of carbonyl (C=O) groups excluding carboxylic acids is 3. The van der Waals surface area contributed by atoms with E-state index in [0.29, 0.717) is 0 Å². The van der Waals surface area contributed by atoms with E-state index in [9.17, 15) is 14.4 Å². The fraction of sp³-hybridized carbons (Fsp3) is 0.727. The number of rotatable bonds is 2. The maximum Gasteiger partial charge on any atom is 0.330 e. The Labute approximate surface area is 99.6 Å². The summed E-state index contributed by atoms with van der Waals surface area (Å²) in [5.74, 6) is -2.35. The molecule has 0 radical (unpaired) electrons. The lowest BCUT2D eigenvalue weighted by Gasteiger charge is -2.23. The number of methoxy groups -OCH3 is 1. The van der Waals surface area contributed by atoms with E-state index in [1.54, 1.807) is 20.8 Å². The second kappa shape index (κ2) is 4.73. The fourth-order valence-corrected chi connectivity index (χ4v) is 1.61. The van der Waals surface area contributed by atoms with Gasteiger partial charge in [0, 0.05) is 6.42 Å². The van der Waals surface area contributed by atoms with Gasteiger partial charge in [0.15, 0.2) is 0 Å². The van der Waals surface area contributed by atoms with Crippen LogP contribution in [0.2, 0.25) is 0 Å². The minimum Gasteiger partial charge on any atom is -0.469 e. The monoisotopic (exact) mass is 243 g/mol. The van der Waals surface area contributed by atoms with Crippen LogP contribution < -0.4 is 5.32 Å². The van der Waals surface area contributed by atoms with E-state index >= 15 is 0 Å². The first kappa shape index (κ1) is 13.5. The summed E-state index contributed by atoms with van der Waals surface area (Å²) in [6.45, 7) is 5.15. The zero-order chi connectivity index (χ0) is 13.2. The van der Waals surface area contributed by atoms with Crippen LogP contribution in [0.3, 0.4) is 0 Å². The van der Waals surface area contributed by atoms with E-state index in [4.69, 9.17) is 4.74 Å². The van der Waals surface area contributed by atoms with Gasteiger partial charge in [-0.15, -0.1) is 0 Å². The summed E-state index contributed by atoms with van der Waals surface area (Å²) in [6, 6.07) is -0.950. The van der Waals surface area contributed by atoms with Gasteiger partial charge < -0.3 is 14.8 Å². The zero-order valence-electron chi connectivity index (χ0n) is 10.4. The number of hydrogen-bond donors (Lipinski definition) is 1. The molecule has 0 aromatic rings. The Morgan fingerprint density at radius 3 is 2.35 bits per heavy atom. The first-order valence-electron chi connectivity index (χ1n) is 5.34. The number of carbonyl (C=O) groups is 3. The first-order valence-corrected chi connectivity index (χ1v) is 5.34. The van der Waals surface area contributed by atoms with Crippen molar-refractivity contribution >= 4 is 17.8 Å². The molecule has 1 aliphatic rings. The van der Waals surface area contributed by atoms with Crippen molar-refractivity contribution in [3.8, 4) is 0 Å². The number of nitrogens with one attached hydrogen (secondary N) is 1. The number of esters is 2. The third-order valence-corrected chi connectivity index (χ3v) is 2.29. The molecule has 1 heterocycles. The Morgan fingerprint density at radius 1 is 1.29 bits per heavy atom. The van der Waals surface area contributed by atoms with Gasteiger partial charge in [-0.25, -0.2) is 4.79 Å². The van der Waals surface area contributed by atoms with E-state index in [1.165, 1.54) is 7.11 Å². The van der Waals surface area contributed by atoms with Crippen LogP contribution >= 0.6 is 0 Å². The number of hydrogen-bond acceptors (Lipinski definition) is 5. The van der Waals surface area contributed by atoms with Crippen LogP contribution in [-0.4, -0.2) is 36.6 Å². The second-order valence-corrected chi connectivity index (χ2v) is 4.91. The molecule has 2 atom stereocenters. The number of amides is 1. The third-order valence-electron chi connectivity index (χ3n) is 2.29. The predicted octanol–water partition coefficient (Wildman–Crippen LogP) is 0.00580. The highest BCUT2D eigenvalue weighted by Gasteiger charge is 2.44. The summed E-state index contributed by atoms with van der Waals surface area (Å²) < 4.78 is 9.69. The molecule has 0 aromatic heterocycles. The van der Waals surface area contributed by atoms with Gasteiger partial charge in [-0.05, 0) is 20.8 Å². The van der Waals surface area contributed by atoms with Crippen molar-refractivity contribution < 1.29 is 23.9 Å². The van der Waals surface area contributed by atoms with Crippen molar-refractivity contribution in [1.82, 2.24) is 5.32 Å².